The molecule has 49 heavy (non-hydrogen) atoms. The topological polar surface area (TPSA) is 106 Å². The van der Waals surface area contributed by atoms with Gasteiger partial charge in [-0.3, -0.25) is 4.79 Å². The van der Waals surface area contributed by atoms with Crippen LogP contribution in [0.15, 0.2) is 79.4 Å². The maximum absolute atomic E-state index is 12.8. The number of nitrogens with zero attached hydrogens (tertiary/aromatic N) is 7. The van der Waals surface area contributed by atoms with E-state index in [0.29, 0.717) is 27.9 Å². The minimum atomic E-state index is -1.17. The molecule has 2 atom stereocenters. The quantitative estimate of drug-likeness (QED) is 0.200. The molecule has 0 spiro atoms. The molecule has 0 N–H and O–H groups in total. The van der Waals surface area contributed by atoms with Crippen molar-refractivity contribution in [2.45, 2.75) is 38.3 Å². The molecule has 7 rings (SSSR count). The highest BCUT2D eigenvalue weighted by Crippen LogP contribution is 2.40. The second kappa shape index (κ2) is 13.9. The summed E-state index contributed by atoms with van der Waals surface area (Å²) in [4.78, 5) is 36.8. The summed E-state index contributed by atoms with van der Waals surface area (Å²) in [6.07, 6.45) is 2.72. The Hall–Kier alpha value is -4.36. The fraction of sp³-hybridized carbons (Fsp3) is 0.371. The molecule has 256 valence electrons. The predicted molar refractivity (Wildman–Crippen MR) is 187 cm³/mol. The summed E-state index contributed by atoms with van der Waals surface area (Å²) in [6.45, 7) is 8.18. The molecule has 1 aromatic heterocycles. The van der Waals surface area contributed by atoms with E-state index in [9.17, 15) is 9.59 Å². The SMILES string of the molecule is CC(C)N1CC(=O)N(c2ccc(N3CCN(c4ccc(OCC5COC(Cn6cncn6)(c6ccc(Cl)cc6Cl)O5)cc4)CC3)cc2)C1=O. The summed E-state index contributed by atoms with van der Waals surface area (Å²) in [6, 6.07) is 20.7. The molecule has 3 amide bonds. The van der Waals surface area contributed by atoms with Gasteiger partial charge in [-0.2, -0.15) is 5.10 Å². The van der Waals surface area contributed by atoms with Crippen LogP contribution in [-0.2, 0) is 26.6 Å². The van der Waals surface area contributed by atoms with Crippen LogP contribution in [0.4, 0.5) is 21.9 Å². The average Bonchev–Trinajstić information content (AvgIpc) is 3.84. The number of anilines is 3. The van der Waals surface area contributed by atoms with Crippen LogP contribution < -0.4 is 19.4 Å². The van der Waals surface area contributed by atoms with Gasteiger partial charge in [0.25, 0.3) is 5.91 Å². The molecule has 3 aliphatic heterocycles. The van der Waals surface area contributed by atoms with Gasteiger partial charge in [0.15, 0.2) is 0 Å². The first-order valence-corrected chi connectivity index (χ1v) is 17.0. The zero-order valence-electron chi connectivity index (χ0n) is 27.2. The average molecular weight is 707 g/mol. The first-order chi connectivity index (χ1) is 23.7. The Morgan fingerprint density at radius 2 is 1.57 bits per heavy atom. The third-order valence-corrected chi connectivity index (χ3v) is 9.59. The molecule has 0 aliphatic carbocycles. The van der Waals surface area contributed by atoms with Gasteiger partial charge in [-0.25, -0.2) is 19.4 Å². The van der Waals surface area contributed by atoms with Crippen LogP contribution in [0, 0.1) is 0 Å². The molecule has 0 saturated carbocycles. The molecule has 4 aromatic rings. The number of urea groups is 1. The van der Waals surface area contributed by atoms with E-state index in [4.69, 9.17) is 37.4 Å². The van der Waals surface area contributed by atoms with E-state index in [0.717, 1.165) is 43.3 Å². The van der Waals surface area contributed by atoms with Crippen molar-refractivity contribution in [2.24, 2.45) is 0 Å². The monoisotopic (exact) mass is 705 g/mol. The standard InChI is InChI=1S/C35H37Cl2N7O5/c1-24(2)43-18-33(45)44(34(43)46)28-6-4-26(5-7-28)40-13-15-41(16-14-40)27-8-10-29(11-9-27)47-19-30-20-48-35(49-30,21-42-23-38-22-39-42)31-12-3-25(36)17-32(31)37/h3-12,17,22-24,30H,13-16,18-21H2,1-2H3. The van der Waals surface area contributed by atoms with E-state index in [1.54, 1.807) is 34.1 Å². The van der Waals surface area contributed by atoms with Crippen LogP contribution in [0.3, 0.4) is 0 Å². The highest BCUT2D eigenvalue weighted by Gasteiger charge is 2.46. The molecule has 2 unspecified atom stereocenters. The largest absolute Gasteiger partial charge is 0.491 e. The number of ether oxygens (including phenoxy) is 3. The van der Waals surface area contributed by atoms with Gasteiger partial charge in [-0.1, -0.05) is 29.3 Å². The molecule has 4 heterocycles. The number of amides is 3. The second-order valence-electron chi connectivity index (χ2n) is 12.5. The van der Waals surface area contributed by atoms with E-state index in [2.05, 4.69) is 32.0 Å². The number of imide groups is 1. The van der Waals surface area contributed by atoms with Gasteiger partial charge >= 0.3 is 6.03 Å². The first-order valence-electron chi connectivity index (χ1n) is 16.3. The molecule has 12 nitrogen and oxygen atoms in total. The summed E-state index contributed by atoms with van der Waals surface area (Å²) in [5.74, 6) is -0.632. The van der Waals surface area contributed by atoms with Crippen molar-refractivity contribution < 1.29 is 23.8 Å². The van der Waals surface area contributed by atoms with Crippen molar-refractivity contribution >= 4 is 52.2 Å². The van der Waals surface area contributed by atoms with Crippen molar-refractivity contribution in [3.8, 4) is 5.75 Å². The maximum atomic E-state index is 12.8. The van der Waals surface area contributed by atoms with Crippen molar-refractivity contribution in [1.29, 1.82) is 0 Å². The van der Waals surface area contributed by atoms with Crippen LogP contribution in [0.5, 0.6) is 5.75 Å². The maximum Gasteiger partial charge on any atom is 0.332 e. The zero-order valence-corrected chi connectivity index (χ0v) is 28.8. The number of piperazine rings is 1. The number of halogens is 2. The molecule has 3 aromatic carbocycles. The van der Waals surface area contributed by atoms with Crippen LogP contribution in [0.2, 0.25) is 10.0 Å². The molecule has 0 bridgehead atoms. The third-order valence-electron chi connectivity index (χ3n) is 9.04. The lowest BCUT2D eigenvalue weighted by Crippen LogP contribution is -2.46. The van der Waals surface area contributed by atoms with E-state index in [1.807, 2.05) is 50.2 Å². The third kappa shape index (κ3) is 6.91. The van der Waals surface area contributed by atoms with Crippen LogP contribution >= 0.6 is 23.2 Å². The minimum absolute atomic E-state index is 0.0256. The molecular weight excluding hydrogens is 669 g/mol. The molecule has 3 fully saturated rings. The van der Waals surface area contributed by atoms with Gasteiger partial charge in [-0.15, -0.1) is 0 Å². The Labute approximate surface area is 294 Å². The normalized spacial score (nSPS) is 21.4. The Morgan fingerprint density at radius 1 is 0.918 bits per heavy atom. The van der Waals surface area contributed by atoms with Gasteiger partial charge in [-0.05, 0) is 74.5 Å². The number of carbonyl (C=O) groups excluding carboxylic acids is 2. The number of aromatic nitrogens is 3. The number of hydrogen-bond donors (Lipinski definition) is 0. The Kier molecular flexibility index (Phi) is 9.38. The minimum Gasteiger partial charge on any atom is -0.491 e. The number of benzene rings is 3. The van der Waals surface area contributed by atoms with Gasteiger partial charge < -0.3 is 28.9 Å². The van der Waals surface area contributed by atoms with Gasteiger partial charge in [0, 0.05) is 54.2 Å². The molecule has 0 radical (unpaired) electrons. The van der Waals surface area contributed by atoms with Gasteiger partial charge in [0.05, 0.1) is 17.3 Å². The first kappa shape index (κ1) is 33.2. The Morgan fingerprint density at radius 3 is 2.16 bits per heavy atom. The lowest BCUT2D eigenvalue weighted by atomic mass is 10.1. The predicted octanol–water partition coefficient (Wildman–Crippen LogP) is 5.44. The van der Waals surface area contributed by atoms with Crippen molar-refractivity contribution in [3.05, 3.63) is 95.0 Å². The van der Waals surface area contributed by atoms with Crippen LogP contribution in [0.25, 0.3) is 0 Å². The van der Waals surface area contributed by atoms with Crippen molar-refractivity contribution in [3.63, 3.8) is 0 Å². The highest BCUT2D eigenvalue weighted by atomic mass is 35.5. The molecule has 3 aliphatic rings. The molecular formula is C35H37Cl2N7O5. The lowest BCUT2D eigenvalue weighted by molar-refractivity contribution is -0.190. The smallest absolute Gasteiger partial charge is 0.332 e. The summed E-state index contributed by atoms with van der Waals surface area (Å²) in [7, 11) is 0. The van der Waals surface area contributed by atoms with Crippen LogP contribution in [0.1, 0.15) is 19.4 Å². The summed E-state index contributed by atoms with van der Waals surface area (Å²) in [5.41, 5.74) is 3.44. The van der Waals surface area contributed by atoms with Crippen molar-refractivity contribution in [2.75, 3.05) is 60.6 Å². The van der Waals surface area contributed by atoms with E-state index < -0.39 is 5.79 Å². The highest BCUT2D eigenvalue weighted by molar-refractivity contribution is 6.35. The fourth-order valence-electron chi connectivity index (χ4n) is 6.44. The summed E-state index contributed by atoms with van der Waals surface area (Å²) < 4.78 is 20.5. The van der Waals surface area contributed by atoms with E-state index >= 15 is 0 Å². The Balaban J connectivity index is 0.920. The molecule has 3 saturated heterocycles. The van der Waals surface area contributed by atoms with Crippen LogP contribution in [-0.4, -0.2) is 89.7 Å². The fourth-order valence-corrected chi connectivity index (χ4v) is 6.99. The van der Waals surface area contributed by atoms with E-state index in [1.165, 1.54) is 11.2 Å². The second-order valence-corrected chi connectivity index (χ2v) is 13.4. The Bertz CT molecular complexity index is 1780. The molecule has 14 heteroatoms. The van der Waals surface area contributed by atoms with Gasteiger partial charge in [0.1, 0.15) is 44.2 Å². The summed E-state index contributed by atoms with van der Waals surface area (Å²) in [5, 5.41) is 5.19. The number of carbonyl (C=O) groups is 2. The number of rotatable bonds is 10. The van der Waals surface area contributed by atoms with Gasteiger partial charge in [0.2, 0.25) is 5.79 Å². The van der Waals surface area contributed by atoms with Crippen molar-refractivity contribution in [1.82, 2.24) is 19.7 Å². The number of hydrogen-bond acceptors (Lipinski definition) is 9. The lowest BCUT2D eigenvalue weighted by Gasteiger charge is -2.37. The van der Waals surface area contributed by atoms with E-state index in [-0.39, 0.29) is 43.8 Å². The zero-order chi connectivity index (χ0) is 34.1. The summed E-state index contributed by atoms with van der Waals surface area (Å²) >= 11 is 12.7.